The van der Waals surface area contributed by atoms with E-state index >= 15 is 0 Å². The van der Waals surface area contributed by atoms with Crippen LogP contribution in [0.5, 0.6) is 0 Å². The van der Waals surface area contributed by atoms with Gasteiger partial charge in [-0.05, 0) is 56.5 Å². The zero-order chi connectivity index (χ0) is 14.6. The minimum Gasteiger partial charge on any atom is -0.312 e. The lowest BCUT2D eigenvalue weighted by molar-refractivity contribution is 0.0398. The van der Waals surface area contributed by atoms with Crippen LogP contribution in [0.15, 0.2) is 0 Å². The standard InChI is InChI=1S/C18H36N2/c1-5-12-19-17(18(2,3)4)14-20-13-8-10-15-9-6-7-11-16(15)20/h15-17,19H,5-14H2,1-4H3/t15-,16-,17?/m1/s1. The van der Waals surface area contributed by atoms with Gasteiger partial charge in [-0.25, -0.2) is 0 Å². The Morgan fingerprint density at radius 3 is 2.50 bits per heavy atom. The summed E-state index contributed by atoms with van der Waals surface area (Å²) in [6.45, 7) is 13.2. The highest BCUT2D eigenvalue weighted by Gasteiger charge is 2.35. The van der Waals surface area contributed by atoms with E-state index < -0.39 is 0 Å². The Bertz CT molecular complexity index is 280. The quantitative estimate of drug-likeness (QED) is 0.817. The average molecular weight is 280 g/mol. The predicted octanol–water partition coefficient (Wildman–Crippen LogP) is 4.06. The number of rotatable bonds is 5. The van der Waals surface area contributed by atoms with Crippen LogP contribution in [0.3, 0.4) is 0 Å². The lowest BCUT2D eigenvalue weighted by Crippen LogP contribution is -2.55. The Hall–Kier alpha value is -0.0800. The number of likely N-dealkylation sites (tertiary alicyclic amines) is 1. The van der Waals surface area contributed by atoms with E-state index in [2.05, 4.69) is 37.9 Å². The average Bonchev–Trinajstić information content (AvgIpc) is 2.42. The molecule has 1 unspecified atom stereocenters. The van der Waals surface area contributed by atoms with Gasteiger partial charge < -0.3 is 5.32 Å². The maximum absolute atomic E-state index is 3.81. The molecule has 0 bridgehead atoms. The summed E-state index contributed by atoms with van der Waals surface area (Å²) in [5.41, 5.74) is 0.358. The molecule has 1 heterocycles. The third-order valence-electron chi connectivity index (χ3n) is 5.46. The third-order valence-corrected chi connectivity index (χ3v) is 5.46. The van der Waals surface area contributed by atoms with Crippen molar-refractivity contribution in [3.05, 3.63) is 0 Å². The smallest absolute Gasteiger partial charge is 0.0243 e. The van der Waals surface area contributed by atoms with Gasteiger partial charge in [0, 0.05) is 18.6 Å². The van der Waals surface area contributed by atoms with Crippen molar-refractivity contribution in [1.82, 2.24) is 10.2 Å². The highest BCUT2D eigenvalue weighted by atomic mass is 15.2. The van der Waals surface area contributed by atoms with E-state index in [9.17, 15) is 0 Å². The molecule has 2 rings (SSSR count). The summed E-state index contributed by atoms with van der Waals surface area (Å²) >= 11 is 0. The fourth-order valence-corrected chi connectivity index (χ4v) is 4.15. The predicted molar refractivity (Wildman–Crippen MR) is 88.1 cm³/mol. The second-order valence-electron chi connectivity index (χ2n) is 8.12. The first-order valence-corrected chi connectivity index (χ1v) is 8.99. The Balaban J connectivity index is 1.97. The van der Waals surface area contributed by atoms with Crippen molar-refractivity contribution in [2.45, 2.75) is 84.7 Å². The maximum Gasteiger partial charge on any atom is 0.0243 e. The van der Waals surface area contributed by atoms with Crippen LogP contribution in [0.25, 0.3) is 0 Å². The first-order valence-electron chi connectivity index (χ1n) is 8.99. The summed E-state index contributed by atoms with van der Waals surface area (Å²) in [6.07, 6.45) is 10.0. The Kier molecular flexibility index (Phi) is 5.92. The Morgan fingerprint density at radius 1 is 1.10 bits per heavy atom. The summed E-state index contributed by atoms with van der Waals surface area (Å²) in [5.74, 6) is 1.00. The first kappa shape index (κ1) is 16.3. The highest BCUT2D eigenvalue weighted by Crippen LogP contribution is 2.36. The minimum absolute atomic E-state index is 0.358. The molecule has 0 amide bonds. The molecule has 1 aliphatic heterocycles. The molecule has 2 heteroatoms. The van der Waals surface area contributed by atoms with Crippen molar-refractivity contribution < 1.29 is 0 Å². The lowest BCUT2D eigenvalue weighted by atomic mass is 9.77. The number of nitrogens with zero attached hydrogens (tertiary/aromatic N) is 1. The van der Waals surface area contributed by atoms with Crippen molar-refractivity contribution in [3.63, 3.8) is 0 Å². The molecule has 0 aromatic rings. The first-order chi connectivity index (χ1) is 9.52. The molecule has 2 fully saturated rings. The van der Waals surface area contributed by atoms with E-state index in [0.717, 1.165) is 18.5 Å². The van der Waals surface area contributed by atoms with E-state index in [-0.39, 0.29) is 0 Å². The third kappa shape index (κ3) is 4.21. The van der Waals surface area contributed by atoms with Crippen molar-refractivity contribution in [3.8, 4) is 0 Å². The van der Waals surface area contributed by atoms with Crippen LogP contribution in [0.4, 0.5) is 0 Å². The van der Waals surface area contributed by atoms with Gasteiger partial charge in [-0.1, -0.05) is 40.5 Å². The Labute approximate surface area is 126 Å². The van der Waals surface area contributed by atoms with Crippen LogP contribution in [-0.2, 0) is 0 Å². The number of fused-ring (bicyclic) bond motifs is 1. The maximum atomic E-state index is 3.81. The zero-order valence-corrected chi connectivity index (χ0v) is 14.3. The van der Waals surface area contributed by atoms with Crippen LogP contribution in [-0.4, -0.2) is 36.6 Å². The molecule has 2 aliphatic rings. The number of nitrogens with one attached hydrogen (secondary N) is 1. The fourth-order valence-electron chi connectivity index (χ4n) is 4.15. The normalized spacial score (nSPS) is 30.0. The second kappa shape index (κ2) is 7.26. The molecule has 1 N–H and O–H groups in total. The molecule has 2 nitrogen and oxygen atoms in total. The summed E-state index contributed by atoms with van der Waals surface area (Å²) in [7, 11) is 0. The molecule has 1 aliphatic carbocycles. The largest absolute Gasteiger partial charge is 0.312 e. The molecule has 0 aromatic carbocycles. The summed E-state index contributed by atoms with van der Waals surface area (Å²) in [6, 6.07) is 1.52. The number of piperidine rings is 1. The van der Waals surface area contributed by atoms with E-state index in [1.807, 2.05) is 0 Å². The van der Waals surface area contributed by atoms with Crippen LogP contribution in [0, 0.1) is 11.3 Å². The van der Waals surface area contributed by atoms with Gasteiger partial charge in [0.15, 0.2) is 0 Å². The van der Waals surface area contributed by atoms with Crippen molar-refractivity contribution in [2.75, 3.05) is 19.6 Å². The molecule has 1 saturated heterocycles. The number of hydrogen-bond acceptors (Lipinski definition) is 2. The van der Waals surface area contributed by atoms with Crippen LogP contribution in [0.1, 0.15) is 72.6 Å². The zero-order valence-electron chi connectivity index (χ0n) is 14.3. The monoisotopic (exact) mass is 280 g/mol. The highest BCUT2D eigenvalue weighted by molar-refractivity contribution is 4.91. The van der Waals surface area contributed by atoms with Crippen molar-refractivity contribution >= 4 is 0 Å². The van der Waals surface area contributed by atoms with Gasteiger partial charge in [-0.15, -0.1) is 0 Å². The lowest BCUT2D eigenvalue weighted by Gasteiger charge is -2.47. The fraction of sp³-hybridized carbons (Fsp3) is 1.00. The van der Waals surface area contributed by atoms with Gasteiger partial charge in [-0.3, -0.25) is 4.90 Å². The van der Waals surface area contributed by atoms with Crippen molar-refractivity contribution in [1.29, 1.82) is 0 Å². The van der Waals surface area contributed by atoms with Gasteiger partial charge in [-0.2, -0.15) is 0 Å². The van der Waals surface area contributed by atoms with E-state index in [0.29, 0.717) is 11.5 Å². The molecular weight excluding hydrogens is 244 g/mol. The van der Waals surface area contributed by atoms with Gasteiger partial charge in [0.05, 0.1) is 0 Å². The summed E-state index contributed by atoms with van der Waals surface area (Å²) < 4.78 is 0. The molecule has 3 atom stereocenters. The molecule has 1 saturated carbocycles. The van der Waals surface area contributed by atoms with E-state index in [4.69, 9.17) is 0 Å². The van der Waals surface area contributed by atoms with Crippen molar-refractivity contribution in [2.24, 2.45) is 11.3 Å². The molecule has 0 radical (unpaired) electrons. The summed E-state index contributed by atoms with van der Waals surface area (Å²) in [5, 5.41) is 3.81. The van der Waals surface area contributed by atoms with Crippen LogP contribution >= 0.6 is 0 Å². The topological polar surface area (TPSA) is 15.3 Å². The molecule has 20 heavy (non-hydrogen) atoms. The van der Waals surface area contributed by atoms with Crippen LogP contribution in [0.2, 0.25) is 0 Å². The molecule has 118 valence electrons. The van der Waals surface area contributed by atoms with Gasteiger partial charge in [0.1, 0.15) is 0 Å². The minimum atomic E-state index is 0.358. The molecule has 0 aromatic heterocycles. The molecule has 0 spiro atoms. The van der Waals surface area contributed by atoms with Gasteiger partial charge in [0.25, 0.3) is 0 Å². The number of hydrogen-bond donors (Lipinski definition) is 1. The van der Waals surface area contributed by atoms with E-state index in [1.54, 1.807) is 0 Å². The van der Waals surface area contributed by atoms with Gasteiger partial charge >= 0.3 is 0 Å². The SMILES string of the molecule is CCCNC(CN1CCC[C@H]2CCCC[C@H]21)C(C)(C)C. The summed E-state index contributed by atoms with van der Waals surface area (Å²) in [4.78, 5) is 2.84. The van der Waals surface area contributed by atoms with Crippen LogP contribution < -0.4 is 5.32 Å². The Morgan fingerprint density at radius 2 is 1.80 bits per heavy atom. The van der Waals surface area contributed by atoms with Gasteiger partial charge in [0.2, 0.25) is 0 Å². The van der Waals surface area contributed by atoms with E-state index in [1.165, 1.54) is 58.0 Å². The second-order valence-corrected chi connectivity index (χ2v) is 8.12. The molecular formula is C18H36N2.